The van der Waals surface area contributed by atoms with Gasteiger partial charge in [-0.2, -0.15) is 0 Å². The molecule has 0 bridgehead atoms. The maximum atomic E-state index is 12.5. The van der Waals surface area contributed by atoms with Crippen LogP contribution in [-0.4, -0.2) is 21.6 Å². The van der Waals surface area contributed by atoms with Crippen molar-refractivity contribution in [2.24, 2.45) is 13.0 Å². The summed E-state index contributed by atoms with van der Waals surface area (Å²) in [5, 5.41) is 6.12. The third-order valence-electron chi connectivity index (χ3n) is 4.32. The zero-order chi connectivity index (χ0) is 18.2. The lowest BCUT2D eigenvalue weighted by molar-refractivity contribution is 0.234. The number of nitrogens with one attached hydrogen (secondary N) is 2. The summed E-state index contributed by atoms with van der Waals surface area (Å²) in [5.41, 5.74) is 1.01. The number of carbonyl (C=O) groups is 1. The predicted octanol–water partition coefficient (Wildman–Crippen LogP) is 4.02. The van der Waals surface area contributed by atoms with Gasteiger partial charge in [0.25, 0.3) is 0 Å². The van der Waals surface area contributed by atoms with E-state index in [1.165, 1.54) is 6.42 Å². The van der Waals surface area contributed by atoms with Crippen molar-refractivity contribution < 1.29 is 4.79 Å². The molecule has 0 saturated carbocycles. The van der Waals surface area contributed by atoms with Crippen molar-refractivity contribution >= 4 is 6.03 Å². The second-order valence-electron chi connectivity index (χ2n) is 7.08. The number of carbonyl (C=O) groups excluding carboxylic acids is 1. The van der Waals surface area contributed by atoms with Crippen LogP contribution >= 0.6 is 0 Å². The highest BCUT2D eigenvalue weighted by atomic mass is 16.2. The van der Waals surface area contributed by atoms with E-state index in [4.69, 9.17) is 0 Å². The van der Waals surface area contributed by atoms with Gasteiger partial charge in [0, 0.05) is 25.5 Å². The number of benzene rings is 1. The molecule has 136 valence electrons. The van der Waals surface area contributed by atoms with E-state index >= 15 is 0 Å². The molecule has 2 aromatic rings. The standard InChI is InChI=1S/C20H30N4O/c1-15(2)9-8-10-16(3)22-20(25)23-18(17-11-6-5-7-12-17)19-21-13-14-24(19)4/h5-7,11-16,18H,8-10H2,1-4H3,(H2,22,23,25)/t16-,18-/m1/s1. The highest BCUT2D eigenvalue weighted by molar-refractivity contribution is 5.75. The van der Waals surface area contributed by atoms with Crippen LogP contribution in [0.2, 0.25) is 0 Å². The summed E-state index contributed by atoms with van der Waals surface area (Å²) in [4.78, 5) is 16.9. The zero-order valence-electron chi connectivity index (χ0n) is 15.7. The molecule has 0 aliphatic rings. The molecule has 0 fully saturated rings. The van der Waals surface area contributed by atoms with Crippen LogP contribution in [-0.2, 0) is 7.05 Å². The number of nitrogens with zero attached hydrogens (tertiary/aromatic N) is 2. The van der Waals surface area contributed by atoms with E-state index in [-0.39, 0.29) is 18.1 Å². The Hall–Kier alpha value is -2.30. The molecule has 5 heteroatoms. The molecule has 0 unspecified atom stereocenters. The fourth-order valence-corrected chi connectivity index (χ4v) is 2.90. The molecule has 0 aliphatic heterocycles. The van der Waals surface area contributed by atoms with Crippen LogP contribution < -0.4 is 10.6 Å². The zero-order valence-corrected chi connectivity index (χ0v) is 15.7. The third kappa shape index (κ3) is 5.93. The minimum Gasteiger partial charge on any atom is -0.336 e. The smallest absolute Gasteiger partial charge is 0.315 e. The second-order valence-corrected chi connectivity index (χ2v) is 7.08. The lowest BCUT2D eigenvalue weighted by Gasteiger charge is -2.21. The first-order valence-electron chi connectivity index (χ1n) is 9.06. The normalized spacial score (nSPS) is 13.5. The molecule has 25 heavy (non-hydrogen) atoms. The van der Waals surface area contributed by atoms with Crippen molar-refractivity contribution in [2.45, 2.75) is 52.1 Å². The van der Waals surface area contributed by atoms with Crippen molar-refractivity contribution in [1.29, 1.82) is 0 Å². The average Bonchev–Trinajstić information content (AvgIpc) is 2.99. The van der Waals surface area contributed by atoms with Crippen LogP contribution in [0, 0.1) is 5.92 Å². The van der Waals surface area contributed by atoms with Gasteiger partial charge in [0.15, 0.2) is 0 Å². The minimum atomic E-state index is -0.274. The minimum absolute atomic E-state index is 0.150. The Labute approximate surface area is 150 Å². The van der Waals surface area contributed by atoms with Crippen LogP contribution in [0.5, 0.6) is 0 Å². The van der Waals surface area contributed by atoms with Crippen molar-refractivity contribution in [3.05, 3.63) is 54.1 Å². The number of aryl methyl sites for hydroxylation is 1. The molecule has 0 spiro atoms. The summed E-state index contributed by atoms with van der Waals surface area (Å²) in [6.45, 7) is 6.50. The van der Waals surface area contributed by atoms with Crippen LogP contribution in [0.25, 0.3) is 0 Å². The van der Waals surface area contributed by atoms with Crippen molar-refractivity contribution in [1.82, 2.24) is 20.2 Å². The molecule has 1 aromatic carbocycles. The Morgan fingerprint density at radius 3 is 2.44 bits per heavy atom. The number of hydrogen-bond donors (Lipinski definition) is 2. The fraction of sp³-hybridized carbons (Fsp3) is 0.500. The van der Waals surface area contributed by atoms with Gasteiger partial charge in [-0.05, 0) is 24.8 Å². The first-order chi connectivity index (χ1) is 12.0. The van der Waals surface area contributed by atoms with Gasteiger partial charge in [-0.3, -0.25) is 0 Å². The molecule has 2 amide bonds. The Bertz CT molecular complexity index is 651. The van der Waals surface area contributed by atoms with Gasteiger partial charge in [-0.25, -0.2) is 9.78 Å². The molecular formula is C20H30N4O. The predicted molar refractivity (Wildman–Crippen MR) is 101 cm³/mol. The van der Waals surface area contributed by atoms with E-state index in [0.29, 0.717) is 5.92 Å². The molecule has 1 heterocycles. The van der Waals surface area contributed by atoms with E-state index in [1.807, 2.05) is 48.1 Å². The number of amides is 2. The van der Waals surface area contributed by atoms with E-state index < -0.39 is 0 Å². The molecule has 2 N–H and O–H groups in total. The monoisotopic (exact) mass is 342 g/mol. The first kappa shape index (κ1) is 19.0. The molecule has 0 saturated heterocycles. The highest BCUT2D eigenvalue weighted by Crippen LogP contribution is 2.20. The van der Waals surface area contributed by atoms with E-state index in [0.717, 1.165) is 24.2 Å². The Balaban J connectivity index is 2.00. The number of aromatic nitrogens is 2. The van der Waals surface area contributed by atoms with Gasteiger partial charge in [-0.15, -0.1) is 0 Å². The SMILES string of the molecule is CC(C)CCC[C@@H](C)NC(=O)N[C@H](c1ccccc1)c1nccn1C. The number of rotatable bonds is 8. The lowest BCUT2D eigenvalue weighted by Crippen LogP contribution is -2.43. The van der Waals surface area contributed by atoms with Gasteiger partial charge in [-0.1, -0.05) is 57.0 Å². The van der Waals surface area contributed by atoms with Crippen molar-refractivity contribution in [2.75, 3.05) is 0 Å². The highest BCUT2D eigenvalue weighted by Gasteiger charge is 2.21. The van der Waals surface area contributed by atoms with Gasteiger partial charge >= 0.3 is 6.03 Å². The second kappa shape index (κ2) is 9.25. The summed E-state index contributed by atoms with van der Waals surface area (Å²) in [5.74, 6) is 1.51. The van der Waals surface area contributed by atoms with Gasteiger partial charge in [0.05, 0.1) is 0 Å². The summed E-state index contributed by atoms with van der Waals surface area (Å²) >= 11 is 0. The van der Waals surface area contributed by atoms with E-state index in [9.17, 15) is 4.79 Å². The molecule has 2 atom stereocenters. The Kier molecular flexibility index (Phi) is 7.04. The van der Waals surface area contributed by atoms with Crippen LogP contribution in [0.15, 0.2) is 42.7 Å². The van der Waals surface area contributed by atoms with E-state index in [1.54, 1.807) is 6.20 Å². The molecule has 2 rings (SSSR count). The summed E-state index contributed by atoms with van der Waals surface area (Å²) in [6.07, 6.45) is 6.94. The van der Waals surface area contributed by atoms with Crippen LogP contribution in [0.1, 0.15) is 57.5 Å². The number of urea groups is 1. The van der Waals surface area contributed by atoms with Crippen molar-refractivity contribution in [3.63, 3.8) is 0 Å². The van der Waals surface area contributed by atoms with Gasteiger partial charge < -0.3 is 15.2 Å². The lowest BCUT2D eigenvalue weighted by atomic mass is 10.0. The number of hydrogen-bond acceptors (Lipinski definition) is 2. The quantitative estimate of drug-likeness (QED) is 0.761. The Morgan fingerprint density at radius 2 is 1.84 bits per heavy atom. The molecule has 0 aliphatic carbocycles. The number of imidazole rings is 1. The summed E-state index contributed by atoms with van der Waals surface area (Å²) in [7, 11) is 1.94. The molecule has 5 nitrogen and oxygen atoms in total. The Morgan fingerprint density at radius 1 is 1.12 bits per heavy atom. The molecule has 1 aromatic heterocycles. The average molecular weight is 342 g/mol. The summed E-state index contributed by atoms with van der Waals surface area (Å²) < 4.78 is 1.93. The topological polar surface area (TPSA) is 59.0 Å². The maximum Gasteiger partial charge on any atom is 0.315 e. The first-order valence-corrected chi connectivity index (χ1v) is 9.06. The van der Waals surface area contributed by atoms with Gasteiger partial charge in [0.1, 0.15) is 11.9 Å². The van der Waals surface area contributed by atoms with Gasteiger partial charge in [0.2, 0.25) is 0 Å². The maximum absolute atomic E-state index is 12.5. The largest absolute Gasteiger partial charge is 0.336 e. The fourth-order valence-electron chi connectivity index (χ4n) is 2.90. The van der Waals surface area contributed by atoms with Crippen LogP contribution in [0.4, 0.5) is 4.79 Å². The molecular weight excluding hydrogens is 312 g/mol. The summed E-state index contributed by atoms with van der Waals surface area (Å²) in [6, 6.07) is 9.64. The molecule has 0 radical (unpaired) electrons. The van der Waals surface area contributed by atoms with Crippen LogP contribution in [0.3, 0.4) is 0 Å². The third-order valence-corrected chi connectivity index (χ3v) is 4.32. The van der Waals surface area contributed by atoms with Crippen molar-refractivity contribution in [3.8, 4) is 0 Å². The van der Waals surface area contributed by atoms with E-state index in [2.05, 4.69) is 36.4 Å².